The molecule has 2 atom stereocenters. The summed E-state index contributed by atoms with van der Waals surface area (Å²) in [5.74, 6) is 1.44. The van der Waals surface area contributed by atoms with Crippen LogP contribution in [0.15, 0.2) is 24.3 Å². The van der Waals surface area contributed by atoms with Gasteiger partial charge in [0.05, 0.1) is 0 Å². The maximum absolute atomic E-state index is 12.5. The number of para-hydroxylation sites is 2. The van der Waals surface area contributed by atoms with Crippen LogP contribution in [-0.2, 0) is 4.79 Å². The second-order valence-electron chi connectivity index (χ2n) is 5.24. The van der Waals surface area contributed by atoms with Crippen LogP contribution in [0.4, 0.5) is 0 Å². The third-order valence-electron chi connectivity index (χ3n) is 3.87. The fraction of sp³-hybridized carbons (Fsp3) is 0.533. The van der Waals surface area contributed by atoms with Crippen molar-refractivity contribution in [3.63, 3.8) is 0 Å². The lowest BCUT2D eigenvalue weighted by molar-refractivity contribution is -0.144. The Morgan fingerprint density at radius 1 is 1.26 bits per heavy atom. The van der Waals surface area contributed by atoms with Crippen LogP contribution >= 0.6 is 0 Å². The Hall–Kier alpha value is -1.71. The van der Waals surface area contributed by atoms with Gasteiger partial charge in [0.2, 0.25) is 6.10 Å². The SMILES string of the molecule is C[C@H]1CCCCN1C(=O)[C@@H]1COc2ccccc2O1. The molecule has 0 spiro atoms. The average Bonchev–Trinajstić information content (AvgIpc) is 2.46. The van der Waals surface area contributed by atoms with E-state index < -0.39 is 6.10 Å². The molecular weight excluding hydrogens is 242 g/mol. The van der Waals surface area contributed by atoms with E-state index >= 15 is 0 Å². The van der Waals surface area contributed by atoms with E-state index in [1.807, 2.05) is 29.2 Å². The first-order valence-corrected chi connectivity index (χ1v) is 6.94. The number of fused-ring (bicyclic) bond motifs is 1. The van der Waals surface area contributed by atoms with Crippen molar-refractivity contribution in [1.82, 2.24) is 4.90 Å². The van der Waals surface area contributed by atoms with Crippen LogP contribution in [0, 0.1) is 0 Å². The molecule has 0 saturated carbocycles. The lowest BCUT2D eigenvalue weighted by atomic mass is 10.0. The zero-order valence-electron chi connectivity index (χ0n) is 11.2. The summed E-state index contributed by atoms with van der Waals surface area (Å²) in [6.07, 6.45) is 2.86. The Bertz CT molecular complexity index is 474. The molecule has 1 amide bonds. The average molecular weight is 261 g/mol. The topological polar surface area (TPSA) is 38.8 Å². The number of amides is 1. The molecular formula is C15H19NO3. The quantitative estimate of drug-likeness (QED) is 0.778. The maximum Gasteiger partial charge on any atom is 0.267 e. The summed E-state index contributed by atoms with van der Waals surface area (Å²) >= 11 is 0. The first kappa shape index (κ1) is 12.3. The molecule has 19 heavy (non-hydrogen) atoms. The second kappa shape index (κ2) is 5.11. The van der Waals surface area contributed by atoms with Gasteiger partial charge in [0, 0.05) is 12.6 Å². The van der Waals surface area contributed by atoms with Crippen LogP contribution < -0.4 is 9.47 Å². The predicted octanol–water partition coefficient (Wildman–Crippen LogP) is 2.23. The Balaban J connectivity index is 1.72. The highest BCUT2D eigenvalue weighted by atomic mass is 16.6. The van der Waals surface area contributed by atoms with Crippen molar-refractivity contribution in [3.8, 4) is 11.5 Å². The molecule has 0 aromatic heterocycles. The number of carbonyl (C=O) groups excluding carboxylic acids is 1. The van der Waals surface area contributed by atoms with E-state index in [2.05, 4.69) is 6.92 Å². The molecule has 2 heterocycles. The van der Waals surface area contributed by atoms with E-state index in [0.29, 0.717) is 18.4 Å². The Kier molecular flexibility index (Phi) is 3.32. The summed E-state index contributed by atoms with van der Waals surface area (Å²) in [6.45, 7) is 3.25. The molecule has 2 aliphatic rings. The molecule has 2 aliphatic heterocycles. The highest BCUT2D eigenvalue weighted by Crippen LogP contribution is 2.31. The van der Waals surface area contributed by atoms with Gasteiger partial charge < -0.3 is 14.4 Å². The zero-order valence-corrected chi connectivity index (χ0v) is 11.2. The van der Waals surface area contributed by atoms with Crippen LogP contribution in [-0.4, -0.2) is 36.1 Å². The number of hydrogen-bond acceptors (Lipinski definition) is 3. The number of rotatable bonds is 1. The lowest BCUT2D eigenvalue weighted by Gasteiger charge is -2.36. The minimum Gasteiger partial charge on any atom is -0.485 e. The third-order valence-corrected chi connectivity index (χ3v) is 3.87. The highest BCUT2D eigenvalue weighted by molar-refractivity contribution is 5.82. The lowest BCUT2D eigenvalue weighted by Crippen LogP contribution is -2.51. The smallest absolute Gasteiger partial charge is 0.267 e. The molecule has 0 unspecified atom stereocenters. The highest BCUT2D eigenvalue weighted by Gasteiger charge is 2.33. The van der Waals surface area contributed by atoms with Gasteiger partial charge in [-0.25, -0.2) is 0 Å². The molecule has 0 radical (unpaired) electrons. The molecule has 1 saturated heterocycles. The van der Waals surface area contributed by atoms with E-state index in [4.69, 9.17) is 9.47 Å². The molecule has 4 nitrogen and oxygen atoms in total. The fourth-order valence-corrected chi connectivity index (χ4v) is 2.75. The van der Waals surface area contributed by atoms with Gasteiger partial charge >= 0.3 is 0 Å². The van der Waals surface area contributed by atoms with E-state index in [-0.39, 0.29) is 5.91 Å². The van der Waals surface area contributed by atoms with Crippen molar-refractivity contribution >= 4 is 5.91 Å². The summed E-state index contributed by atoms with van der Waals surface area (Å²) in [5, 5.41) is 0. The van der Waals surface area contributed by atoms with E-state index in [9.17, 15) is 4.79 Å². The summed E-state index contributed by atoms with van der Waals surface area (Å²) in [4.78, 5) is 14.4. The summed E-state index contributed by atoms with van der Waals surface area (Å²) < 4.78 is 11.4. The largest absolute Gasteiger partial charge is 0.485 e. The van der Waals surface area contributed by atoms with E-state index in [1.165, 1.54) is 6.42 Å². The molecule has 3 rings (SSSR count). The van der Waals surface area contributed by atoms with Crippen molar-refractivity contribution < 1.29 is 14.3 Å². The first-order valence-electron chi connectivity index (χ1n) is 6.94. The van der Waals surface area contributed by atoms with Crippen LogP contribution in [0.3, 0.4) is 0 Å². The number of nitrogens with zero attached hydrogens (tertiary/aromatic N) is 1. The minimum atomic E-state index is -0.504. The van der Waals surface area contributed by atoms with Gasteiger partial charge in [0.25, 0.3) is 5.91 Å². The standard InChI is InChI=1S/C15H19NO3/c1-11-6-4-5-9-16(11)15(17)14-10-18-12-7-2-3-8-13(12)19-14/h2-3,7-8,11,14H,4-6,9-10H2,1H3/t11-,14-/m0/s1. The molecule has 0 N–H and O–H groups in total. The van der Waals surface area contributed by atoms with Gasteiger partial charge in [-0.15, -0.1) is 0 Å². The number of piperidine rings is 1. The number of ether oxygens (including phenoxy) is 2. The minimum absolute atomic E-state index is 0.0571. The molecule has 1 aromatic rings. The molecule has 102 valence electrons. The molecule has 0 bridgehead atoms. The van der Waals surface area contributed by atoms with Gasteiger partial charge in [-0.2, -0.15) is 0 Å². The van der Waals surface area contributed by atoms with Crippen LogP contribution in [0.25, 0.3) is 0 Å². The number of likely N-dealkylation sites (tertiary alicyclic amines) is 1. The van der Waals surface area contributed by atoms with E-state index in [1.54, 1.807) is 0 Å². The van der Waals surface area contributed by atoms with Crippen LogP contribution in [0.2, 0.25) is 0 Å². The molecule has 1 aromatic carbocycles. The normalized spacial score (nSPS) is 26.1. The Morgan fingerprint density at radius 3 is 2.84 bits per heavy atom. The number of benzene rings is 1. The van der Waals surface area contributed by atoms with Crippen molar-refractivity contribution in [2.45, 2.75) is 38.3 Å². The summed E-state index contributed by atoms with van der Waals surface area (Å²) in [7, 11) is 0. The van der Waals surface area contributed by atoms with Gasteiger partial charge in [-0.05, 0) is 38.3 Å². The van der Waals surface area contributed by atoms with Gasteiger partial charge in [0.15, 0.2) is 11.5 Å². The monoisotopic (exact) mass is 261 g/mol. The molecule has 4 heteroatoms. The first-order chi connectivity index (χ1) is 9.25. The Morgan fingerprint density at radius 2 is 2.05 bits per heavy atom. The summed E-state index contributed by atoms with van der Waals surface area (Å²) in [5.41, 5.74) is 0. The van der Waals surface area contributed by atoms with Crippen molar-refractivity contribution in [1.29, 1.82) is 0 Å². The van der Waals surface area contributed by atoms with Crippen molar-refractivity contribution in [3.05, 3.63) is 24.3 Å². The van der Waals surface area contributed by atoms with Crippen molar-refractivity contribution in [2.24, 2.45) is 0 Å². The maximum atomic E-state index is 12.5. The predicted molar refractivity (Wildman–Crippen MR) is 71.4 cm³/mol. The van der Waals surface area contributed by atoms with Gasteiger partial charge in [-0.1, -0.05) is 12.1 Å². The van der Waals surface area contributed by atoms with Gasteiger partial charge in [-0.3, -0.25) is 4.79 Å². The second-order valence-corrected chi connectivity index (χ2v) is 5.24. The van der Waals surface area contributed by atoms with Crippen LogP contribution in [0.5, 0.6) is 11.5 Å². The summed E-state index contributed by atoms with van der Waals surface area (Å²) in [6, 6.07) is 7.80. The van der Waals surface area contributed by atoms with E-state index in [0.717, 1.165) is 25.1 Å². The molecule has 1 fully saturated rings. The van der Waals surface area contributed by atoms with Crippen molar-refractivity contribution in [2.75, 3.05) is 13.2 Å². The third kappa shape index (κ3) is 2.39. The number of carbonyl (C=O) groups is 1. The fourth-order valence-electron chi connectivity index (χ4n) is 2.75. The Labute approximate surface area is 113 Å². The zero-order chi connectivity index (χ0) is 13.2. The van der Waals surface area contributed by atoms with Crippen LogP contribution in [0.1, 0.15) is 26.2 Å². The van der Waals surface area contributed by atoms with Gasteiger partial charge in [0.1, 0.15) is 6.61 Å². The number of hydrogen-bond donors (Lipinski definition) is 0. The molecule has 0 aliphatic carbocycles.